The highest BCUT2D eigenvalue weighted by Crippen LogP contribution is 2.64. The van der Waals surface area contributed by atoms with Crippen molar-refractivity contribution in [2.75, 3.05) is 0 Å². The fourth-order valence-electron chi connectivity index (χ4n) is 6.76. The van der Waals surface area contributed by atoms with Crippen LogP contribution in [0.2, 0.25) is 0 Å². The first-order valence-corrected chi connectivity index (χ1v) is 9.80. The summed E-state index contributed by atoms with van der Waals surface area (Å²) >= 11 is 0. The summed E-state index contributed by atoms with van der Waals surface area (Å²) in [6.45, 7) is 15.1. The van der Waals surface area contributed by atoms with E-state index in [1.165, 1.54) is 51.4 Å². The van der Waals surface area contributed by atoms with Gasteiger partial charge < -0.3 is 0 Å². The monoisotopic (exact) mass is 302 g/mol. The standard InChI is InChI=1S/C22H38/c1-19(2,3)21-13-7-15-22(16-8-14-21,20(4,5)6)18-11-9-17(21)10-12-18/h7,13,17-18H,8-12,14-16H2,1-6H3. The van der Waals surface area contributed by atoms with Gasteiger partial charge in [0.05, 0.1) is 0 Å². The van der Waals surface area contributed by atoms with Crippen LogP contribution in [0.5, 0.6) is 0 Å². The molecule has 0 aromatic rings. The minimum Gasteiger partial charge on any atom is -0.0874 e. The lowest BCUT2D eigenvalue weighted by molar-refractivity contribution is -0.0175. The normalized spacial score (nSPS) is 42.6. The second-order valence-electron chi connectivity index (χ2n) is 10.7. The first kappa shape index (κ1) is 16.6. The molecule has 0 heterocycles. The smallest absolute Gasteiger partial charge is 0.00415 e. The van der Waals surface area contributed by atoms with E-state index in [0.717, 1.165) is 11.8 Å². The fourth-order valence-corrected chi connectivity index (χ4v) is 6.76. The van der Waals surface area contributed by atoms with Gasteiger partial charge in [-0.3, -0.25) is 0 Å². The highest BCUT2D eigenvalue weighted by molar-refractivity contribution is 5.16. The summed E-state index contributed by atoms with van der Waals surface area (Å²) in [5.41, 5.74) is 1.82. The minimum atomic E-state index is 0.396. The van der Waals surface area contributed by atoms with Crippen LogP contribution in [-0.4, -0.2) is 0 Å². The molecule has 4 bridgehead atoms. The molecule has 126 valence electrons. The molecule has 0 radical (unpaired) electrons. The van der Waals surface area contributed by atoms with Gasteiger partial charge in [-0.1, -0.05) is 60.1 Å². The van der Waals surface area contributed by atoms with Crippen molar-refractivity contribution in [3.63, 3.8) is 0 Å². The average molecular weight is 303 g/mol. The van der Waals surface area contributed by atoms with Gasteiger partial charge in [0.1, 0.15) is 0 Å². The number of hydrogen-bond donors (Lipinski definition) is 0. The van der Waals surface area contributed by atoms with Crippen LogP contribution in [0.4, 0.5) is 0 Å². The molecule has 0 aromatic carbocycles. The quantitative estimate of drug-likeness (QED) is 0.422. The van der Waals surface area contributed by atoms with Gasteiger partial charge in [-0.15, -0.1) is 0 Å². The van der Waals surface area contributed by atoms with Gasteiger partial charge in [-0.25, -0.2) is 0 Å². The molecule has 0 nitrogen and oxygen atoms in total. The molecule has 0 aliphatic heterocycles. The van der Waals surface area contributed by atoms with Crippen LogP contribution in [0.3, 0.4) is 0 Å². The molecular formula is C22H38. The summed E-state index contributed by atoms with van der Waals surface area (Å²) in [5, 5.41) is 0. The third kappa shape index (κ3) is 2.23. The van der Waals surface area contributed by atoms with E-state index in [2.05, 4.69) is 53.7 Å². The zero-order valence-corrected chi connectivity index (χ0v) is 16.0. The summed E-state index contributed by atoms with van der Waals surface area (Å²) in [5.74, 6) is 1.89. The van der Waals surface area contributed by atoms with Crippen molar-refractivity contribution in [1.29, 1.82) is 0 Å². The van der Waals surface area contributed by atoms with Crippen LogP contribution in [0.1, 0.15) is 92.9 Å². The van der Waals surface area contributed by atoms with Crippen LogP contribution in [0, 0.1) is 33.5 Å². The Morgan fingerprint density at radius 1 is 0.773 bits per heavy atom. The molecule has 2 atom stereocenters. The summed E-state index contributed by atoms with van der Waals surface area (Å²) in [4.78, 5) is 0. The molecule has 3 fully saturated rings. The molecular weight excluding hydrogens is 264 g/mol. The minimum absolute atomic E-state index is 0.396. The van der Waals surface area contributed by atoms with E-state index >= 15 is 0 Å². The van der Waals surface area contributed by atoms with Gasteiger partial charge in [0.15, 0.2) is 0 Å². The van der Waals surface area contributed by atoms with Crippen LogP contribution in [-0.2, 0) is 0 Å². The van der Waals surface area contributed by atoms with Crippen LogP contribution in [0.15, 0.2) is 12.2 Å². The van der Waals surface area contributed by atoms with Gasteiger partial charge >= 0.3 is 0 Å². The largest absolute Gasteiger partial charge is 0.0874 e. The van der Waals surface area contributed by atoms with Crippen molar-refractivity contribution in [3.8, 4) is 0 Å². The molecule has 0 amide bonds. The van der Waals surface area contributed by atoms with Crippen LogP contribution >= 0.6 is 0 Å². The lowest BCUT2D eigenvalue weighted by Gasteiger charge is -2.52. The molecule has 0 spiro atoms. The molecule has 0 heteroatoms. The van der Waals surface area contributed by atoms with Gasteiger partial charge in [-0.05, 0) is 78.4 Å². The number of allylic oxidation sites excluding steroid dienone is 2. The maximum Gasteiger partial charge on any atom is -0.00415 e. The van der Waals surface area contributed by atoms with Crippen molar-refractivity contribution in [3.05, 3.63) is 12.2 Å². The molecule has 6 aliphatic rings. The fraction of sp³-hybridized carbons (Fsp3) is 0.909. The first-order valence-electron chi connectivity index (χ1n) is 9.80. The zero-order chi connectivity index (χ0) is 16.2. The van der Waals surface area contributed by atoms with E-state index in [1.807, 2.05) is 0 Å². The van der Waals surface area contributed by atoms with E-state index in [-0.39, 0.29) is 0 Å². The second-order valence-corrected chi connectivity index (χ2v) is 10.7. The van der Waals surface area contributed by atoms with Crippen molar-refractivity contribution in [2.45, 2.75) is 92.9 Å². The third-order valence-electron chi connectivity index (χ3n) is 8.24. The molecule has 6 rings (SSSR count). The number of rotatable bonds is 0. The highest BCUT2D eigenvalue weighted by Gasteiger charge is 2.54. The Morgan fingerprint density at radius 3 is 1.91 bits per heavy atom. The van der Waals surface area contributed by atoms with E-state index in [4.69, 9.17) is 0 Å². The Balaban J connectivity index is 2.12. The van der Waals surface area contributed by atoms with Gasteiger partial charge in [-0.2, -0.15) is 0 Å². The Morgan fingerprint density at radius 2 is 1.36 bits per heavy atom. The molecule has 22 heavy (non-hydrogen) atoms. The van der Waals surface area contributed by atoms with E-state index in [9.17, 15) is 0 Å². The Kier molecular flexibility index (Phi) is 3.86. The Hall–Kier alpha value is -0.260. The Labute approximate surface area is 139 Å². The lowest BCUT2D eigenvalue weighted by atomic mass is 9.53. The lowest BCUT2D eigenvalue weighted by Crippen LogP contribution is -2.43. The molecule has 2 unspecified atom stereocenters. The summed E-state index contributed by atoms with van der Waals surface area (Å²) in [6, 6.07) is 0. The summed E-state index contributed by atoms with van der Waals surface area (Å²) in [6.07, 6.45) is 16.9. The van der Waals surface area contributed by atoms with E-state index in [0.29, 0.717) is 21.7 Å². The third-order valence-corrected chi connectivity index (χ3v) is 8.24. The molecule has 0 saturated heterocycles. The van der Waals surface area contributed by atoms with Gasteiger partial charge in [0.25, 0.3) is 0 Å². The first-order chi connectivity index (χ1) is 10.1. The van der Waals surface area contributed by atoms with E-state index in [1.54, 1.807) is 0 Å². The Bertz CT molecular complexity index is 436. The maximum absolute atomic E-state index is 2.71. The van der Waals surface area contributed by atoms with Crippen molar-refractivity contribution in [2.24, 2.45) is 33.5 Å². The van der Waals surface area contributed by atoms with Crippen LogP contribution < -0.4 is 0 Å². The predicted molar refractivity (Wildman–Crippen MR) is 96.8 cm³/mol. The molecule has 6 aliphatic carbocycles. The van der Waals surface area contributed by atoms with Gasteiger partial charge in [0.2, 0.25) is 0 Å². The molecule has 0 aromatic heterocycles. The van der Waals surface area contributed by atoms with Crippen molar-refractivity contribution in [1.82, 2.24) is 0 Å². The second kappa shape index (κ2) is 5.12. The summed E-state index contributed by atoms with van der Waals surface area (Å²) < 4.78 is 0. The predicted octanol–water partition coefficient (Wildman–Crippen LogP) is 7.00. The SMILES string of the molecule is CC(C)(C)C12C=CCC(C(C)(C)C)(CCC1)C1CCC2CC1. The average Bonchev–Trinajstić information content (AvgIpc) is 2.54. The maximum atomic E-state index is 2.71. The highest BCUT2D eigenvalue weighted by atomic mass is 14.6. The van der Waals surface area contributed by atoms with Gasteiger partial charge in [0, 0.05) is 0 Å². The zero-order valence-electron chi connectivity index (χ0n) is 16.0. The van der Waals surface area contributed by atoms with E-state index < -0.39 is 0 Å². The van der Waals surface area contributed by atoms with Crippen LogP contribution in [0.25, 0.3) is 0 Å². The topological polar surface area (TPSA) is 0 Å². The molecule has 3 saturated carbocycles. The molecule has 0 N–H and O–H groups in total. The van der Waals surface area contributed by atoms with Crippen molar-refractivity contribution < 1.29 is 0 Å². The van der Waals surface area contributed by atoms with Crippen molar-refractivity contribution >= 4 is 0 Å². The summed E-state index contributed by atoms with van der Waals surface area (Å²) in [7, 11) is 0. The number of hydrogen-bond acceptors (Lipinski definition) is 0.